The molecular weight excluding hydrogens is 79.1 g/mol. The Kier molecular flexibility index (Phi) is 0.748. The molecule has 1 rings (SSSR count). The van der Waals surface area contributed by atoms with Gasteiger partial charge in [0.15, 0.2) is 0 Å². The Balaban J connectivity index is 2.61. The standard InChI is InChI=1S/C5H4F/c6-5-3-1-2-4-5/h1-4H. The second kappa shape index (κ2) is 1.25. The third-order valence-corrected chi connectivity index (χ3v) is 0.622. The van der Waals surface area contributed by atoms with Gasteiger partial charge in [-0.05, 0) is 6.08 Å². The minimum atomic E-state index is -0.157. The molecule has 0 aromatic carbocycles. The fraction of sp³-hybridized carbons (Fsp3) is 0. The van der Waals surface area contributed by atoms with Crippen LogP contribution in [0.15, 0.2) is 24.1 Å². The first kappa shape index (κ1) is 3.59. The monoisotopic (exact) mass is 83.0 g/mol. The molecule has 0 N–H and O–H groups in total. The predicted molar refractivity (Wildman–Crippen MR) is 22.6 cm³/mol. The number of hydrogen-bond donors (Lipinski definition) is 0. The van der Waals surface area contributed by atoms with Gasteiger partial charge >= 0.3 is 0 Å². The normalized spacial score (nSPS) is 18.5. The average molecular weight is 83.1 g/mol. The van der Waals surface area contributed by atoms with Crippen LogP contribution in [0.1, 0.15) is 0 Å². The van der Waals surface area contributed by atoms with E-state index in [1.807, 2.05) is 0 Å². The molecule has 0 unspecified atom stereocenters. The van der Waals surface area contributed by atoms with Gasteiger partial charge in [0, 0.05) is 6.42 Å². The lowest BCUT2D eigenvalue weighted by molar-refractivity contribution is 0.659. The Labute approximate surface area is 36.0 Å². The van der Waals surface area contributed by atoms with Gasteiger partial charge in [0.2, 0.25) is 0 Å². The number of hydrogen-bond acceptors (Lipinski definition) is 0. The van der Waals surface area contributed by atoms with Crippen LogP contribution in [0, 0.1) is 6.42 Å². The van der Waals surface area contributed by atoms with Gasteiger partial charge in [0.1, 0.15) is 5.83 Å². The highest BCUT2D eigenvalue weighted by molar-refractivity contribution is 5.28. The Morgan fingerprint density at radius 2 is 2.17 bits per heavy atom. The van der Waals surface area contributed by atoms with Crippen LogP contribution in [0.25, 0.3) is 0 Å². The van der Waals surface area contributed by atoms with Crippen LogP contribution < -0.4 is 0 Å². The molecule has 0 fully saturated rings. The van der Waals surface area contributed by atoms with Crippen molar-refractivity contribution < 1.29 is 4.39 Å². The maximum Gasteiger partial charge on any atom is 0.108 e. The zero-order valence-corrected chi connectivity index (χ0v) is 3.19. The molecule has 0 atom stereocenters. The minimum Gasteiger partial charge on any atom is -0.211 e. The summed E-state index contributed by atoms with van der Waals surface area (Å²) in [6.45, 7) is 0. The predicted octanol–water partition coefficient (Wildman–Crippen LogP) is 1.61. The lowest BCUT2D eigenvalue weighted by atomic mass is 10.5. The van der Waals surface area contributed by atoms with Crippen molar-refractivity contribution in [1.29, 1.82) is 0 Å². The molecule has 1 heteroatoms. The summed E-state index contributed by atoms with van der Waals surface area (Å²) in [6, 6.07) is 0. The maximum atomic E-state index is 11.7. The molecule has 0 heterocycles. The largest absolute Gasteiger partial charge is 0.211 e. The zero-order chi connectivity index (χ0) is 4.41. The molecule has 0 aliphatic heterocycles. The minimum absolute atomic E-state index is 0.157. The van der Waals surface area contributed by atoms with E-state index in [-0.39, 0.29) is 5.83 Å². The summed E-state index contributed by atoms with van der Waals surface area (Å²) in [7, 11) is 0. The first-order chi connectivity index (χ1) is 2.89. The van der Waals surface area contributed by atoms with Gasteiger partial charge in [-0.2, -0.15) is 0 Å². The first-order valence-corrected chi connectivity index (χ1v) is 1.77. The summed E-state index contributed by atoms with van der Waals surface area (Å²) in [4.78, 5) is 0. The summed E-state index contributed by atoms with van der Waals surface area (Å²) < 4.78 is 11.7. The van der Waals surface area contributed by atoms with Crippen molar-refractivity contribution >= 4 is 0 Å². The fourth-order valence-corrected chi connectivity index (χ4v) is 0.351. The lowest BCUT2D eigenvalue weighted by Crippen LogP contribution is -1.57. The van der Waals surface area contributed by atoms with Crippen LogP contribution >= 0.6 is 0 Å². The van der Waals surface area contributed by atoms with Gasteiger partial charge < -0.3 is 0 Å². The van der Waals surface area contributed by atoms with Gasteiger partial charge in [-0.15, -0.1) is 0 Å². The Morgan fingerprint density at radius 3 is 2.33 bits per heavy atom. The molecule has 0 nitrogen and oxygen atoms in total. The van der Waals surface area contributed by atoms with Gasteiger partial charge in [0.25, 0.3) is 0 Å². The second-order valence-corrected chi connectivity index (χ2v) is 1.10. The fourth-order valence-electron chi connectivity index (χ4n) is 0.351. The van der Waals surface area contributed by atoms with Gasteiger partial charge in [-0.1, -0.05) is 12.2 Å². The molecule has 0 spiro atoms. The Bertz CT molecular complexity index is 101. The van der Waals surface area contributed by atoms with Crippen LogP contribution in [0.3, 0.4) is 0 Å². The second-order valence-electron chi connectivity index (χ2n) is 1.10. The summed E-state index contributed by atoms with van der Waals surface area (Å²) in [5, 5.41) is 0. The highest BCUT2D eigenvalue weighted by Gasteiger charge is 1.92. The lowest BCUT2D eigenvalue weighted by Gasteiger charge is -1.72. The van der Waals surface area contributed by atoms with Crippen molar-refractivity contribution in [2.75, 3.05) is 0 Å². The third-order valence-electron chi connectivity index (χ3n) is 0.622. The van der Waals surface area contributed by atoms with Crippen molar-refractivity contribution in [3.05, 3.63) is 30.5 Å². The molecule has 0 amide bonds. The van der Waals surface area contributed by atoms with E-state index in [1.54, 1.807) is 12.2 Å². The molecule has 0 saturated carbocycles. The summed E-state index contributed by atoms with van der Waals surface area (Å²) >= 11 is 0. The molecule has 0 saturated heterocycles. The molecule has 1 aliphatic rings. The molecule has 0 aromatic rings. The molecular formula is C5H4F. The highest BCUT2D eigenvalue weighted by Crippen LogP contribution is 2.07. The quantitative estimate of drug-likeness (QED) is 0.417. The van der Waals surface area contributed by atoms with Crippen LogP contribution in [0.5, 0.6) is 0 Å². The topological polar surface area (TPSA) is 0 Å². The van der Waals surface area contributed by atoms with Crippen LogP contribution in [0.4, 0.5) is 4.39 Å². The molecule has 31 valence electrons. The Hall–Kier alpha value is -0.590. The van der Waals surface area contributed by atoms with Crippen molar-refractivity contribution in [3.8, 4) is 0 Å². The average Bonchev–Trinajstić information content (AvgIpc) is 1.86. The maximum absolute atomic E-state index is 11.7. The third kappa shape index (κ3) is 0.482. The van der Waals surface area contributed by atoms with Gasteiger partial charge in [0.05, 0.1) is 0 Å². The van der Waals surface area contributed by atoms with Crippen molar-refractivity contribution in [1.82, 2.24) is 0 Å². The van der Waals surface area contributed by atoms with Crippen molar-refractivity contribution in [2.24, 2.45) is 0 Å². The van der Waals surface area contributed by atoms with E-state index in [4.69, 9.17) is 0 Å². The van der Waals surface area contributed by atoms with Crippen LogP contribution in [-0.2, 0) is 0 Å². The number of allylic oxidation sites excluding steroid dienone is 4. The number of halogens is 1. The van der Waals surface area contributed by atoms with Crippen LogP contribution in [-0.4, -0.2) is 0 Å². The van der Waals surface area contributed by atoms with E-state index in [9.17, 15) is 4.39 Å². The molecule has 1 radical (unpaired) electrons. The SMILES string of the molecule is FC1=CC=C[CH]1. The van der Waals surface area contributed by atoms with E-state index in [1.165, 1.54) is 12.5 Å². The van der Waals surface area contributed by atoms with E-state index in [0.29, 0.717) is 0 Å². The summed E-state index contributed by atoms with van der Waals surface area (Å²) in [5.41, 5.74) is 0. The smallest absolute Gasteiger partial charge is 0.108 e. The van der Waals surface area contributed by atoms with Crippen molar-refractivity contribution in [3.63, 3.8) is 0 Å². The molecule has 1 aliphatic carbocycles. The molecule has 0 aromatic heterocycles. The Morgan fingerprint density at radius 1 is 1.33 bits per heavy atom. The van der Waals surface area contributed by atoms with E-state index in [0.717, 1.165) is 0 Å². The molecule has 6 heavy (non-hydrogen) atoms. The molecule has 0 bridgehead atoms. The van der Waals surface area contributed by atoms with Gasteiger partial charge in [-0.3, -0.25) is 0 Å². The summed E-state index contributed by atoms with van der Waals surface area (Å²) in [5.74, 6) is -0.157. The van der Waals surface area contributed by atoms with Crippen molar-refractivity contribution in [2.45, 2.75) is 0 Å². The van der Waals surface area contributed by atoms with E-state index >= 15 is 0 Å². The van der Waals surface area contributed by atoms with E-state index in [2.05, 4.69) is 0 Å². The zero-order valence-electron chi connectivity index (χ0n) is 3.19. The first-order valence-electron chi connectivity index (χ1n) is 1.77. The highest BCUT2D eigenvalue weighted by atomic mass is 19.1. The number of rotatable bonds is 0. The van der Waals surface area contributed by atoms with E-state index < -0.39 is 0 Å². The van der Waals surface area contributed by atoms with Gasteiger partial charge in [-0.25, -0.2) is 4.39 Å². The summed E-state index contributed by atoms with van der Waals surface area (Å²) in [6.07, 6.45) is 6.16. The van der Waals surface area contributed by atoms with Crippen LogP contribution in [0.2, 0.25) is 0 Å².